The number of rotatable bonds is 3. The van der Waals surface area contributed by atoms with Crippen LogP contribution in [0.15, 0.2) is 36.5 Å². The summed E-state index contributed by atoms with van der Waals surface area (Å²) < 4.78 is -0.507. The number of quaternary nitrogens is 1. The number of aromatic nitrogens is 2. The Morgan fingerprint density at radius 2 is 2.04 bits per heavy atom. The van der Waals surface area contributed by atoms with Crippen LogP contribution in [0.2, 0.25) is 0 Å². The SMILES string of the molecule is C[N+]12C(=O)SC(C1=O)C2(c1ccccc1)c1cn[nH]c1[N+](=O)[O-]. The first-order valence-electron chi connectivity index (χ1n) is 6.81. The number of aromatic amines is 1. The number of nitrogens with zero attached hydrogens (tertiary/aromatic N) is 3. The number of imide groups is 1. The van der Waals surface area contributed by atoms with E-state index in [1.54, 1.807) is 24.3 Å². The molecule has 2 amide bonds. The molecule has 5 rings (SSSR count). The van der Waals surface area contributed by atoms with Gasteiger partial charge >= 0.3 is 17.0 Å². The van der Waals surface area contributed by atoms with Crippen LogP contribution in [0.1, 0.15) is 11.1 Å². The van der Waals surface area contributed by atoms with Crippen LogP contribution in [0, 0.1) is 10.1 Å². The Hall–Kier alpha value is -2.52. The van der Waals surface area contributed by atoms with E-state index >= 15 is 0 Å². The fourth-order valence-corrected chi connectivity index (χ4v) is 5.27. The smallest absolute Gasteiger partial charge is 0.358 e. The van der Waals surface area contributed by atoms with Crippen molar-refractivity contribution in [1.82, 2.24) is 10.2 Å². The van der Waals surface area contributed by atoms with Crippen molar-refractivity contribution in [2.45, 2.75) is 10.8 Å². The number of hydrogen-bond acceptors (Lipinski definition) is 6. The predicted octanol–water partition coefficient (Wildman–Crippen LogP) is 1.78. The lowest BCUT2D eigenvalue weighted by Crippen LogP contribution is -2.76. The first-order chi connectivity index (χ1) is 11.0. The van der Waals surface area contributed by atoms with E-state index < -0.39 is 20.2 Å². The van der Waals surface area contributed by atoms with Crippen LogP contribution in [-0.2, 0) is 10.3 Å². The van der Waals surface area contributed by atoms with Gasteiger partial charge in [-0.25, -0.2) is 9.59 Å². The molecule has 3 aliphatic rings. The Morgan fingerprint density at radius 1 is 1.35 bits per heavy atom. The topological polar surface area (TPSA) is 106 Å². The highest BCUT2D eigenvalue weighted by Crippen LogP contribution is 2.65. The molecule has 0 radical (unpaired) electrons. The average Bonchev–Trinajstić information content (AvgIpc) is 3.18. The van der Waals surface area contributed by atoms with Gasteiger partial charge in [-0.15, -0.1) is 5.10 Å². The maximum Gasteiger partial charge on any atom is 0.384 e. The second-order valence-corrected chi connectivity index (χ2v) is 6.69. The van der Waals surface area contributed by atoms with Gasteiger partial charge in [-0.05, 0) is 4.92 Å². The molecule has 23 heavy (non-hydrogen) atoms. The van der Waals surface area contributed by atoms with Gasteiger partial charge in [-0.3, -0.25) is 0 Å². The van der Waals surface area contributed by atoms with Crippen LogP contribution >= 0.6 is 11.8 Å². The molecule has 9 heteroatoms. The van der Waals surface area contributed by atoms with Crippen molar-refractivity contribution in [3.8, 4) is 0 Å². The molecule has 0 saturated carbocycles. The van der Waals surface area contributed by atoms with Gasteiger partial charge in [0, 0.05) is 17.3 Å². The van der Waals surface area contributed by atoms with Crippen molar-refractivity contribution in [1.29, 1.82) is 0 Å². The number of nitrogens with one attached hydrogen (secondary N) is 1. The molecule has 116 valence electrons. The van der Waals surface area contributed by atoms with Crippen molar-refractivity contribution in [3.05, 3.63) is 57.8 Å². The lowest BCUT2D eigenvalue weighted by molar-refractivity contribution is -0.831. The van der Waals surface area contributed by atoms with Gasteiger partial charge in [0.15, 0.2) is 5.25 Å². The van der Waals surface area contributed by atoms with Gasteiger partial charge in [0.25, 0.3) is 0 Å². The van der Waals surface area contributed by atoms with E-state index in [1.807, 2.05) is 6.07 Å². The summed E-state index contributed by atoms with van der Waals surface area (Å²) in [6.07, 6.45) is 1.35. The Bertz CT molecular complexity index is 857. The molecule has 2 bridgehead atoms. The molecule has 8 nitrogen and oxygen atoms in total. The average molecular weight is 331 g/mol. The Kier molecular flexibility index (Phi) is 2.62. The minimum Gasteiger partial charge on any atom is -0.358 e. The van der Waals surface area contributed by atoms with Crippen LogP contribution in [0.3, 0.4) is 0 Å². The zero-order valence-electron chi connectivity index (χ0n) is 11.9. The van der Waals surface area contributed by atoms with Gasteiger partial charge in [0.1, 0.15) is 5.56 Å². The lowest BCUT2D eigenvalue weighted by atomic mass is 9.70. The number of hydrogen-bond donors (Lipinski definition) is 1. The van der Waals surface area contributed by atoms with E-state index in [1.165, 1.54) is 13.2 Å². The monoisotopic (exact) mass is 331 g/mol. The number of nitro groups is 1. The van der Waals surface area contributed by atoms with E-state index in [4.69, 9.17) is 0 Å². The Balaban J connectivity index is 2.06. The minimum atomic E-state index is -1.12. The van der Waals surface area contributed by atoms with Gasteiger partial charge < -0.3 is 10.1 Å². The first-order valence-corrected chi connectivity index (χ1v) is 7.69. The summed E-state index contributed by atoms with van der Waals surface area (Å²) in [7, 11) is 1.52. The maximum absolute atomic E-state index is 12.5. The Morgan fingerprint density at radius 3 is 2.57 bits per heavy atom. The van der Waals surface area contributed by atoms with E-state index in [0.29, 0.717) is 5.56 Å². The third kappa shape index (κ3) is 1.35. The summed E-state index contributed by atoms with van der Waals surface area (Å²) >= 11 is 0.941. The quantitative estimate of drug-likeness (QED) is 0.398. The van der Waals surface area contributed by atoms with Crippen molar-refractivity contribution in [2.75, 3.05) is 7.05 Å². The second-order valence-electron chi connectivity index (χ2n) is 5.63. The number of β-lactam (4-membered cyclic amide) rings is 1. The van der Waals surface area contributed by atoms with E-state index in [2.05, 4.69) is 10.2 Å². The molecule has 0 spiro atoms. The van der Waals surface area contributed by atoms with Crippen LogP contribution in [0.5, 0.6) is 0 Å². The third-order valence-corrected chi connectivity index (χ3v) is 6.11. The zero-order valence-corrected chi connectivity index (χ0v) is 12.7. The van der Waals surface area contributed by atoms with Gasteiger partial charge in [0.05, 0.1) is 13.2 Å². The van der Waals surface area contributed by atoms with E-state index in [-0.39, 0.29) is 22.5 Å². The molecule has 4 heterocycles. The zero-order chi connectivity index (χ0) is 16.4. The largest absolute Gasteiger partial charge is 0.384 e. The van der Waals surface area contributed by atoms with Crippen LogP contribution < -0.4 is 0 Å². The summed E-state index contributed by atoms with van der Waals surface area (Å²) in [5.41, 5.74) is -0.163. The summed E-state index contributed by atoms with van der Waals surface area (Å²) in [4.78, 5) is 35.7. The molecule has 1 N–H and O–H groups in total. The lowest BCUT2D eigenvalue weighted by Gasteiger charge is -2.50. The van der Waals surface area contributed by atoms with E-state index in [9.17, 15) is 19.7 Å². The highest BCUT2D eigenvalue weighted by atomic mass is 32.2. The van der Waals surface area contributed by atoms with Crippen LogP contribution in [-0.4, -0.2) is 43.0 Å². The summed E-state index contributed by atoms with van der Waals surface area (Å²) in [6.45, 7) is 0. The molecule has 1 aromatic carbocycles. The third-order valence-electron chi connectivity index (χ3n) is 4.76. The number of benzene rings is 1. The first kappa shape index (κ1) is 14.1. The summed E-state index contributed by atoms with van der Waals surface area (Å²) in [6, 6.07) is 8.95. The molecule has 3 unspecified atom stereocenters. The van der Waals surface area contributed by atoms with Crippen molar-refractivity contribution in [3.63, 3.8) is 0 Å². The molecule has 3 aliphatic heterocycles. The van der Waals surface area contributed by atoms with Gasteiger partial charge in [-0.2, -0.15) is 4.48 Å². The Labute approximate surface area is 134 Å². The molecule has 3 saturated heterocycles. The van der Waals surface area contributed by atoms with Gasteiger partial charge in [-0.1, -0.05) is 35.4 Å². The highest BCUT2D eigenvalue weighted by molar-refractivity contribution is 8.15. The van der Waals surface area contributed by atoms with Crippen molar-refractivity contribution >= 4 is 28.7 Å². The molecule has 3 atom stereocenters. The maximum atomic E-state index is 12.5. The number of carbonyl (C=O) groups excluding carboxylic acids is 2. The molecular formula is C14H11N4O4S+. The summed E-state index contributed by atoms with van der Waals surface area (Å²) in [5.74, 6) is -0.523. The van der Waals surface area contributed by atoms with Crippen LogP contribution in [0.25, 0.3) is 0 Å². The van der Waals surface area contributed by atoms with Crippen molar-refractivity contribution < 1.29 is 19.0 Å². The highest BCUT2D eigenvalue weighted by Gasteiger charge is 2.86. The predicted molar refractivity (Wildman–Crippen MR) is 80.4 cm³/mol. The molecule has 0 aliphatic carbocycles. The molecule has 1 aromatic heterocycles. The molecule has 3 fully saturated rings. The number of amides is 2. The number of fused-ring (bicyclic) bond motifs is 1. The minimum absolute atomic E-state index is 0.237. The fraction of sp³-hybridized carbons (Fsp3) is 0.214. The number of H-pyrrole nitrogens is 1. The summed E-state index contributed by atoms with van der Waals surface area (Å²) in [5, 5.41) is 16.5. The number of carbonyl (C=O) groups is 2. The second kappa shape index (κ2) is 4.27. The van der Waals surface area contributed by atoms with Crippen LogP contribution in [0.4, 0.5) is 10.6 Å². The van der Waals surface area contributed by atoms with Gasteiger partial charge in [0.2, 0.25) is 5.54 Å². The number of thioether (sulfide) groups is 1. The fourth-order valence-electron chi connectivity index (χ4n) is 3.67. The van der Waals surface area contributed by atoms with Crippen molar-refractivity contribution in [2.24, 2.45) is 0 Å². The molecular weight excluding hydrogens is 320 g/mol. The normalized spacial score (nSPS) is 32.0. The molecule has 2 aromatic rings. The standard InChI is InChI=1S/C14H11N4O4S/c1-18-12(19)10(23-13(18)20)14(18,8-5-3-2-4-6-8)9-7-15-16-11(9)17(21)22/h2-7,10H,1H3,(H,15,16)/q+1. The van der Waals surface area contributed by atoms with E-state index in [0.717, 1.165) is 11.8 Å².